The lowest BCUT2D eigenvalue weighted by Gasteiger charge is -2.16. The standard InChI is InChI=1S/C12H18N2/c1-8-5-10(6-9(2)11(8)14)12(7-13)3-4-12/h5-6H,3-4,7,13-14H2,1-2H3. The number of nitrogens with two attached hydrogens (primary N) is 2. The van der Waals surface area contributed by atoms with Crippen LogP contribution in [0.3, 0.4) is 0 Å². The van der Waals surface area contributed by atoms with E-state index in [4.69, 9.17) is 11.5 Å². The third kappa shape index (κ3) is 1.30. The molecule has 1 fully saturated rings. The Morgan fingerprint density at radius 3 is 2.07 bits per heavy atom. The molecule has 0 aromatic heterocycles. The average molecular weight is 190 g/mol. The summed E-state index contributed by atoms with van der Waals surface area (Å²) in [5, 5.41) is 0. The monoisotopic (exact) mass is 190 g/mol. The Hall–Kier alpha value is -1.02. The van der Waals surface area contributed by atoms with Gasteiger partial charge in [0.2, 0.25) is 0 Å². The molecule has 0 spiro atoms. The molecule has 76 valence electrons. The third-order valence-electron chi connectivity index (χ3n) is 3.45. The molecule has 2 rings (SSSR count). The predicted molar refractivity (Wildman–Crippen MR) is 60.3 cm³/mol. The summed E-state index contributed by atoms with van der Waals surface area (Å²) in [4.78, 5) is 0. The zero-order valence-electron chi connectivity index (χ0n) is 8.93. The molecule has 0 atom stereocenters. The highest BCUT2D eigenvalue weighted by Gasteiger charge is 2.42. The van der Waals surface area contributed by atoms with Gasteiger partial charge in [-0.2, -0.15) is 0 Å². The van der Waals surface area contributed by atoms with Crippen LogP contribution in [0.2, 0.25) is 0 Å². The van der Waals surface area contributed by atoms with E-state index in [0.29, 0.717) is 0 Å². The van der Waals surface area contributed by atoms with Gasteiger partial charge in [0, 0.05) is 17.6 Å². The number of hydrogen-bond acceptors (Lipinski definition) is 2. The summed E-state index contributed by atoms with van der Waals surface area (Å²) in [5.41, 5.74) is 16.7. The van der Waals surface area contributed by atoms with Crippen molar-refractivity contribution in [3.05, 3.63) is 28.8 Å². The molecule has 1 saturated carbocycles. The Balaban J connectivity index is 2.46. The number of aryl methyl sites for hydroxylation is 2. The second kappa shape index (κ2) is 2.99. The van der Waals surface area contributed by atoms with Gasteiger partial charge < -0.3 is 11.5 Å². The Bertz CT molecular complexity index is 342. The van der Waals surface area contributed by atoms with Crippen molar-refractivity contribution in [3.63, 3.8) is 0 Å². The quantitative estimate of drug-likeness (QED) is 0.699. The summed E-state index contributed by atoms with van der Waals surface area (Å²) in [7, 11) is 0. The molecule has 4 N–H and O–H groups in total. The number of benzene rings is 1. The van der Waals surface area contributed by atoms with Crippen molar-refractivity contribution in [3.8, 4) is 0 Å². The number of hydrogen-bond donors (Lipinski definition) is 2. The molecular weight excluding hydrogens is 172 g/mol. The Morgan fingerprint density at radius 2 is 1.71 bits per heavy atom. The first-order valence-corrected chi connectivity index (χ1v) is 5.16. The molecule has 1 aliphatic carbocycles. The van der Waals surface area contributed by atoms with Crippen LogP contribution in [0, 0.1) is 13.8 Å². The first-order valence-electron chi connectivity index (χ1n) is 5.16. The molecule has 0 unspecified atom stereocenters. The van der Waals surface area contributed by atoms with Crippen molar-refractivity contribution in [1.82, 2.24) is 0 Å². The van der Waals surface area contributed by atoms with E-state index in [-0.39, 0.29) is 5.41 Å². The second-order valence-corrected chi connectivity index (χ2v) is 4.51. The van der Waals surface area contributed by atoms with Gasteiger partial charge in [0.25, 0.3) is 0 Å². The minimum atomic E-state index is 0.281. The van der Waals surface area contributed by atoms with Gasteiger partial charge in [0.15, 0.2) is 0 Å². The van der Waals surface area contributed by atoms with E-state index in [1.807, 2.05) is 0 Å². The summed E-state index contributed by atoms with van der Waals surface area (Å²) >= 11 is 0. The molecule has 0 radical (unpaired) electrons. The summed E-state index contributed by atoms with van der Waals surface area (Å²) in [5.74, 6) is 0. The fourth-order valence-electron chi connectivity index (χ4n) is 2.04. The Kier molecular flexibility index (Phi) is 2.04. The molecule has 0 saturated heterocycles. The fourth-order valence-corrected chi connectivity index (χ4v) is 2.04. The Labute approximate surface area is 85.3 Å². The topological polar surface area (TPSA) is 52.0 Å². The van der Waals surface area contributed by atoms with Gasteiger partial charge in [0.05, 0.1) is 0 Å². The van der Waals surface area contributed by atoms with Crippen molar-refractivity contribution < 1.29 is 0 Å². The summed E-state index contributed by atoms with van der Waals surface area (Å²) in [6.07, 6.45) is 2.46. The zero-order chi connectivity index (χ0) is 10.3. The van der Waals surface area contributed by atoms with Gasteiger partial charge in [-0.15, -0.1) is 0 Å². The van der Waals surface area contributed by atoms with E-state index >= 15 is 0 Å². The fraction of sp³-hybridized carbons (Fsp3) is 0.500. The molecular formula is C12H18N2. The summed E-state index contributed by atoms with van der Waals surface area (Å²) < 4.78 is 0. The van der Waals surface area contributed by atoms with E-state index in [0.717, 1.165) is 12.2 Å². The smallest absolute Gasteiger partial charge is 0.0373 e. The maximum absolute atomic E-state index is 5.92. The number of anilines is 1. The highest BCUT2D eigenvalue weighted by molar-refractivity contribution is 5.56. The van der Waals surface area contributed by atoms with Crippen LogP contribution in [0.5, 0.6) is 0 Å². The van der Waals surface area contributed by atoms with Crippen LogP contribution >= 0.6 is 0 Å². The molecule has 0 bridgehead atoms. The van der Waals surface area contributed by atoms with Crippen molar-refractivity contribution in [2.24, 2.45) is 5.73 Å². The van der Waals surface area contributed by atoms with Crippen molar-refractivity contribution in [1.29, 1.82) is 0 Å². The highest BCUT2D eigenvalue weighted by atomic mass is 14.7. The molecule has 14 heavy (non-hydrogen) atoms. The molecule has 1 aromatic rings. The first-order chi connectivity index (χ1) is 6.59. The molecule has 2 heteroatoms. The van der Waals surface area contributed by atoms with Crippen molar-refractivity contribution >= 4 is 5.69 Å². The third-order valence-corrected chi connectivity index (χ3v) is 3.45. The van der Waals surface area contributed by atoms with Crippen LogP contribution in [-0.2, 0) is 5.41 Å². The summed E-state index contributed by atoms with van der Waals surface area (Å²) in [6.45, 7) is 4.90. The molecule has 1 aromatic carbocycles. The largest absolute Gasteiger partial charge is 0.398 e. The normalized spacial score (nSPS) is 18.2. The number of rotatable bonds is 2. The van der Waals surface area contributed by atoms with Crippen LogP contribution < -0.4 is 11.5 Å². The highest BCUT2D eigenvalue weighted by Crippen LogP contribution is 2.48. The second-order valence-electron chi connectivity index (χ2n) is 4.51. The van der Waals surface area contributed by atoms with Gasteiger partial charge in [0.1, 0.15) is 0 Å². The van der Waals surface area contributed by atoms with E-state index in [1.165, 1.54) is 29.5 Å². The maximum Gasteiger partial charge on any atom is 0.0373 e. The molecule has 0 aliphatic heterocycles. The van der Waals surface area contributed by atoms with E-state index in [1.54, 1.807) is 0 Å². The van der Waals surface area contributed by atoms with E-state index < -0.39 is 0 Å². The minimum absolute atomic E-state index is 0.281. The molecule has 2 nitrogen and oxygen atoms in total. The van der Waals surface area contributed by atoms with Crippen LogP contribution in [0.25, 0.3) is 0 Å². The van der Waals surface area contributed by atoms with E-state index in [2.05, 4.69) is 26.0 Å². The zero-order valence-corrected chi connectivity index (χ0v) is 8.93. The molecule has 1 aliphatic rings. The molecule has 0 amide bonds. The predicted octanol–water partition coefficient (Wildman–Crippen LogP) is 1.88. The maximum atomic E-state index is 5.92. The first kappa shape index (κ1) is 9.53. The lowest BCUT2D eigenvalue weighted by Crippen LogP contribution is -2.20. The van der Waals surface area contributed by atoms with Gasteiger partial charge in [-0.3, -0.25) is 0 Å². The van der Waals surface area contributed by atoms with Crippen LogP contribution in [-0.4, -0.2) is 6.54 Å². The SMILES string of the molecule is Cc1cc(C2(CN)CC2)cc(C)c1N. The van der Waals surface area contributed by atoms with E-state index in [9.17, 15) is 0 Å². The van der Waals surface area contributed by atoms with Gasteiger partial charge in [-0.25, -0.2) is 0 Å². The average Bonchev–Trinajstić information content (AvgIpc) is 2.94. The Morgan fingerprint density at radius 1 is 1.21 bits per heavy atom. The molecule has 0 heterocycles. The lowest BCUT2D eigenvalue weighted by atomic mass is 9.92. The lowest BCUT2D eigenvalue weighted by molar-refractivity contribution is 0.703. The summed E-state index contributed by atoms with van der Waals surface area (Å²) in [6, 6.07) is 4.39. The van der Waals surface area contributed by atoms with Gasteiger partial charge >= 0.3 is 0 Å². The minimum Gasteiger partial charge on any atom is -0.398 e. The van der Waals surface area contributed by atoms with Crippen LogP contribution in [0.1, 0.15) is 29.5 Å². The van der Waals surface area contributed by atoms with Crippen molar-refractivity contribution in [2.45, 2.75) is 32.1 Å². The number of nitrogen functional groups attached to an aromatic ring is 1. The van der Waals surface area contributed by atoms with Gasteiger partial charge in [-0.1, -0.05) is 12.1 Å². The van der Waals surface area contributed by atoms with Crippen LogP contribution in [0.15, 0.2) is 12.1 Å². The van der Waals surface area contributed by atoms with Gasteiger partial charge in [-0.05, 0) is 43.4 Å². The van der Waals surface area contributed by atoms with Crippen molar-refractivity contribution in [2.75, 3.05) is 12.3 Å². The van der Waals surface area contributed by atoms with Crippen LogP contribution in [0.4, 0.5) is 5.69 Å².